The van der Waals surface area contributed by atoms with E-state index in [0.717, 1.165) is 0 Å². The molecule has 0 aromatic carbocycles. The van der Waals surface area contributed by atoms with Crippen molar-refractivity contribution < 1.29 is 4.48 Å². The highest BCUT2D eigenvalue weighted by Gasteiger charge is 2.25. The first-order valence-corrected chi connectivity index (χ1v) is 19.1. The van der Waals surface area contributed by atoms with Crippen molar-refractivity contribution in [3.05, 3.63) is 0 Å². The third-order valence-electron chi connectivity index (χ3n) is 9.44. The Balaban J connectivity index is 4.02. The Labute approximate surface area is 250 Å². The molecule has 0 aliphatic carbocycles. The maximum Gasteiger partial charge on any atom is 0.0786 e. The maximum absolute atomic E-state index is 2.39. The molecule has 0 spiro atoms. The van der Waals surface area contributed by atoms with Gasteiger partial charge in [0.15, 0.2) is 0 Å². The van der Waals surface area contributed by atoms with Gasteiger partial charge in [-0.25, -0.2) is 0 Å². The largest absolute Gasteiger partial charge is 0.324 e. The summed E-state index contributed by atoms with van der Waals surface area (Å²) in [5.41, 5.74) is 0. The van der Waals surface area contributed by atoms with Crippen molar-refractivity contribution in [3.63, 3.8) is 0 Å². The highest BCUT2D eigenvalue weighted by Crippen LogP contribution is 2.20. The lowest BCUT2D eigenvalue weighted by molar-refractivity contribution is -0.929. The molecule has 236 valence electrons. The first-order chi connectivity index (χ1) is 19.2. The third-order valence-corrected chi connectivity index (χ3v) is 9.44. The Morgan fingerprint density at radius 2 is 0.385 bits per heavy atom. The van der Waals surface area contributed by atoms with Gasteiger partial charge in [-0.05, 0) is 38.5 Å². The number of hydrogen-bond acceptors (Lipinski definition) is 0. The van der Waals surface area contributed by atoms with Gasteiger partial charge in [0.1, 0.15) is 0 Å². The summed E-state index contributed by atoms with van der Waals surface area (Å²) in [5.74, 6) is 0. The van der Waals surface area contributed by atoms with Gasteiger partial charge < -0.3 is 4.48 Å². The number of hydrogen-bond donors (Lipinski definition) is 0. The fourth-order valence-corrected chi connectivity index (χ4v) is 6.59. The molecular formula is C38H80N+. The monoisotopic (exact) mass is 551 g/mol. The summed E-state index contributed by atoms with van der Waals surface area (Å²) in [6.45, 7) is 15.3. The van der Waals surface area contributed by atoms with Gasteiger partial charge in [-0.15, -0.1) is 0 Å². The van der Waals surface area contributed by atoms with E-state index in [0.29, 0.717) is 0 Å². The van der Waals surface area contributed by atoms with E-state index in [1.54, 1.807) is 0 Å². The molecule has 0 radical (unpaired) electrons. The zero-order valence-corrected chi connectivity index (χ0v) is 28.5. The van der Waals surface area contributed by atoms with Crippen LogP contribution in [0.1, 0.15) is 220 Å². The van der Waals surface area contributed by atoms with E-state index < -0.39 is 0 Å². The van der Waals surface area contributed by atoms with Crippen LogP contribution < -0.4 is 0 Å². The second-order valence-corrected chi connectivity index (χ2v) is 13.4. The normalized spacial score (nSPS) is 12.0. The van der Waals surface area contributed by atoms with Crippen molar-refractivity contribution in [1.82, 2.24) is 0 Å². The second-order valence-electron chi connectivity index (χ2n) is 13.4. The Morgan fingerprint density at radius 1 is 0.205 bits per heavy atom. The second kappa shape index (κ2) is 32.5. The number of nitrogens with zero attached hydrogens (tertiary/aromatic N) is 1. The zero-order chi connectivity index (χ0) is 28.5. The molecule has 0 bridgehead atoms. The molecule has 0 rings (SSSR count). The molecule has 0 fully saturated rings. The SMILES string of the molecule is CCCCCCCCCCCCCCC[N+](CCCC)(CCCC)CCCCCCCCCCCCCCC. The first-order valence-electron chi connectivity index (χ1n) is 19.1. The molecule has 0 aromatic heterocycles. The summed E-state index contributed by atoms with van der Waals surface area (Å²) in [6, 6.07) is 0. The molecule has 0 saturated carbocycles. The average Bonchev–Trinajstić information content (AvgIpc) is 2.95. The molecule has 0 saturated heterocycles. The summed E-state index contributed by atoms with van der Waals surface area (Å²) < 4.78 is 1.46. The van der Waals surface area contributed by atoms with Crippen LogP contribution in [0.5, 0.6) is 0 Å². The Morgan fingerprint density at radius 3 is 0.615 bits per heavy atom. The van der Waals surface area contributed by atoms with Crippen LogP contribution >= 0.6 is 0 Å². The van der Waals surface area contributed by atoms with Crippen molar-refractivity contribution in [2.75, 3.05) is 26.2 Å². The predicted octanol–water partition coefficient (Wildman–Crippen LogP) is 13.6. The fraction of sp³-hybridized carbons (Fsp3) is 1.00. The number of quaternary nitrogens is 1. The lowest BCUT2D eigenvalue weighted by atomic mass is 10.0. The fourth-order valence-electron chi connectivity index (χ4n) is 6.59. The lowest BCUT2D eigenvalue weighted by Crippen LogP contribution is -2.50. The summed E-state index contributed by atoms with van der Waals surface area (Å²) >= 11 is 0. The molecule has 1 heteroatoms. The maximum atomic E-state index is 2.39. The molecule has 0 N–H and O–H groups in total. The van der Waals surface area contributed by atoms with Gasteiger partial charge in [-0.2, -0.15) is 0 Å². The highest BCUT2D eigenvalue weighted by molar-refractivity contribution is 4.54. The van der Waals surface area contributed by atoms with Gasteiger partial charge in [0, 0.05) is 0 Å². The minimum atomic E-state index is 1.36. The topological polar surface area (TPSA) is 0 Å². The molecule has 0 heterocycles. The van der Waals surface area contributed by atoms with Crippen molar-refractivity contribution in [1.29, 1.82) is 0 Å². The van der Waals surface area contributed by atoms with Crippen LogP contribution in [0.15, 0.2) is 0 Å². The van der Waals surface area contributed by atoms with Gasteiger partial charge in [-0.1, -0.05) is 182 Å². The van der Waals surface area contributed by atoms with Gasteiger partial charge in [0.25, 0.3) is 0 Å². The van der Waals surface area contributed by atoms with Crippen molar-refractivity contribution in [2.24, 2.45) is 0 Å². The quantitative estimate of drug-likeness (QED) is 0.0552. The molecule has 0 unspecified atom stereocenters. The van der Waals surface area contributed by atoms with Crippen molar-refractivity contribution in [3.8, 4) is 0 Å². The number of rotatable bonds is 34. The van der Waals surface area contributed by atoms with Crippen LogP contribution in [0.2, 0.25) is 0 Å². The highest BCUT2D eigenvalue weighted by atomic mass is 15.3. The Hall–Kier alpha value is -0.0400. The number of unbranched alkanes of at least 4 members (excludes halogenated alkanes) is 26. The van der Waals surface area contributed by atoms with Crippen LogP contribution in [0.3, 0.4) is 0 Å². The molecule has 0 amide bonds. The van der Waals surface area contributed by atoms with E-state index in [4.69, 9.17) is 0 Å². The van der Waals surface area contributed by atoms with Crippen LogP contribution in [0.25, 0.3) is 0 Å². The van der Waals surface area contributed by atoms with Gasteiger partial charge >= 0.3 is 0 Å². The van der Waals surface area contributed by atoms with Crippen molar-refractivity contribution >= 4 is 0 Å². The standard InChI is InChI=1S/C38H80N/c1-5-9-13-15-17-19-21-23-25-27-29-31-33-37-39(35-11-7-3,36-12-8-4)38-34-32-30-28-26-24-22-20-18-16-14-10-6-2/h5-38H2,1-4H3/q+1. The molecule has 0 aliphatic rings. The van der Waals surface area contributed by atoms with E-state index >= 15 is 0 Å². The average molecular weight is 551 g/mol. The summed E-state index contributed by atoms with van der Waals surface area (Å²) in [6.07, 6.45) is 43.8. The van der Waals surface area contributed by atoms with Crippen molar-refractivity contribution in [2.45, 2.75) is 220 Å². The summed E-state index contributed by atoms with van der Waals surface area (Å²) in [7, 11) is 0. The molecule has 1 nitrogen and oxygen atoms in total. The van der Waals surface area contributed by atoms with Gasteiger partial charge in [0.05, 0.1) is 26.2 Å². The molecule has 0 aliphatic heterocycles. The van der Waals surface area contributed by atoms with Gasteiger partial charge in [0.2, 0.25) is 0 Å². The first kappa shape index (κ1) is 39.0. The molecule has 0 atom stereocenters. The summed E-state index contributed by atoms with van der Waals surface area (Å²) in [5, 5.41) is 0. The van der Waals surface area contributed by atoms with E-state index in [2.05, 4.69) is 27.7 Å². The molecular weight excluding hydrogens is 470 g/mol. The minimum Gasteiger partial charge on any atom is -0.324 e. The molecule has 39 heavy (non-hydrogen) atoms. The van der Waals surface area contributed by atoms with E-state index in [-0.39, 0.29) is 0 Å². The van der Waals surface area contributed by atoms with E-state index in [1.807, 2.05) is 0 Å². The lowest BCUT2D eigenvalue weighted by Gasteiger charge is -2.39. The van der Waals surface area contributed by atoms with Crippen LogP contribution in [0, 0.1) is 0 Å². The zero-order valence-electron chi connectivity index (χ0n) is 28.5. The summed E-state index contributed by atoms with van der Waals surface area (Å²) in [4.78, 5) is 0. The predicted molar refractivity (Wildman–Crippen MR) is 181 cm³/mol. The Bertz CT molecular complexity index is 390. The Kier molecular flexibility index (Phi) is 32.4. The minimum absolute atomic E-state index is 1.36. The van der Waals surface area contributed by atoms with Crippen LogP contribution in [-0.4, -0.2) is 30.7 Å². The molecule has 0 aromatic rings. The van der Waals surface area contributed by atoms with E-state index in [9.17, 15) is 0 Å². The van der Waals surface area contributed by atoms with Crippen LogP contribution in [0.4, 0.5) is 0 Å². The smallest absolute Gasteiger partial charge is 0.0786 e. The van der Waals surface area contributed by atoms with E-state index in [1.165, 1.54) is 223 Å². The third kappa shape index (κ3) is 27.9. The van der Waals surface area contributed by atoms with Gasteiger partial charge in [-0.3, -0.25) is 0 Å². The van der Waals surface area contributed by atoms with Crippen LogP contribution in [-0.2, 0) is 0 Å².